The van der Waals surface area contributed by atoms with E-state index in [4.69, 9.17) is 9.47 Å². The van der Waals surface area contributed by atoms with E-state index in [0.717, 1.165) is 35.2 Å². The third-order valence-electron chi connectivity index (χ3n) is 6.46. The first-order chi connectivity index (χ1) is 15.1. The van der Waals surface area contributed by atoms with Crippen molar-refractivity contribution in [3.63, 3.8) is 0 Å². The van der Waals surface area contributed by atoms with Crippen LogP contribution < -0.4 is 4.74 Å². The number of methoxy groups -OCH3 is 1. The van der Waals surface area contributed by atoms with E-state index in [1.165, 1.54) is 0 Å². The molecule has 0 aliphatic carbocycles. The number of pyridine rings is 1. The maximum atomic E-state index is 13.1. The Kier molecular flexibility index (Phi) is 5.16. The predicted octanol–water partition coefficient (Wildman–Crippen LogP) is 3.80. The average molecular weight is 416 g/mol. The zero-order valence-corrected chi connectivity index (χ0v) is 17.4. The molecule has 0 amide bonds. The highest BCUT2D eigenvalue weighted by molar-refractivity contribution is 5.90. The molecule has 6 heteroatoms. The summed E-state index contributed by atoms with van der Waals surface area (Å²) in [5.41, 5.74) is 2.21. The molecular formula is C25H24N2O4. The van der Waals surface area contributed by atoms with E-state index in [2.05, 4.69) is 9.88 Å². The number of piperidine rings is 3. The van der Waals surface area contributed by atoms with Gasteiger partial charge >= 0.3 is 5.97 Å². The van der Waals surface area contributed by atoms with Gasteiger partial charge in [0.1, 0.15) is 17.6 Å². The second kappa shape index (κ2) is 8.12. The summed E-state index contributed by atoms with van der Waals surface area (Å²) in [4.78, 5) is 32.0. The summed E-state index contributed by atoms with van der Waals surface area (Å²) in [6.07, 6.45) is 2.80. The Morgan fingerprint density at radius 3 is 2.71 bits per heavy atom. The van der Waals surface area contributed by atoms with Crippen molar-refractivity contribution >= 4 is 22.7 Å². The van der Waals surface area contributed by atoms with E-state index in [-0.39, 0.29) is 23.7 Å². The fraction of sp³-hybridized carbons (Fsp3) is 0.320. The van der Waals surface area contributed by atoms with Gasteiger partial charge in [0.2, 0.25) is 0 Å². The number of nitrogens with zero attached hydrogens (tertiary/aromatic N) is 2. The molecule has 0 N–H and O–H groups in total. The van der Waals surface area contributed by atoms with Gasteiger partial charge in [-0.1, -0.05) is 18.2 Å². The molecule has 3 aliphatic rings. The zero-order valence-electron chi connectivity index (χ0n) is 17.4. The maximum absolute atomic E-state index is 13.1. The number of benzene rings is 2. The SMILES string of the molecule is COc1ccc2nccc([C@H](OC(=O)c3ccccc3)[C@H]3C[C@@H]4CCN3CC4=O)c2c1. The van der Waals surface area contributed by atoms with Gasteiger partial charge in [0.15, 0.2) is 0 Å². The molecule has 4 atom stereocenters. The van der Waals surface area contributed by atoms with Crippen LogP contribution in [-0.2, 0) is 9.53 Å². The molecule has 31 heavy (non-hydrogen) atoms. The molecule has 3 aliphatic heterocycles. The van der Waals surface area contributed by atoms with Gasteiger partial charge < -0.3 is 9.47 Å². The lowest BCUT2D eigenvalue weighted by molar-refractivity contribution is -0.137. The van der Waals surface area contributed by atoms with Gasteiger partial charge in [0.05, 0.1) is 30.8 Å². The largest absolute Gasteiger partial charge is 0.497 e. The molecule has 6 rings (SSSR count). The molecular weight excluding hydrogens is 392 g/mol. The summed E-state index contributed by atoms with van der Waals surface area (Å²) >= 11 is 0. The number of hydrogen-bond donors (Lipinski definition) is 0. The van der Waals surface area contributed by atoms with Crippen molar-refractivity contribution in [2.24, 2.45) is 5.92 Å². The van der Waals surface area contributed by atoms with Crippen LogP contribution in [0.5, 0.6) is 5.75 Å². The Bertz CT molecular complexity index is 1130. The molecule has 3 aromatic rings. The van der Waals surface area contributed by atoms with Gasteiger partial charge in [-0.15, -0.1) is 0 Å². The minimum Gasteiger partial charge on any atom is -0.497 e. The Labute approximate surface area is 180 Å². The van der Waals surface area contributed by atoms with Crippen LogP contribution in [0.2, 0.25) is 0 Å². The number of aromatic nitrogens is 1. The molecule has 1 unspecified atom stereocenters. The normalized spacial score (nSPS) is 23.5. The molecule has 3 saturated heterocycles. The number of carbonyl (C=O) groups excluding carboxylic acids is 2. The second-order valence-electron chi connectivity index (χ2n) is 8.20. The molecule has 2 bridgehead atoms. The van der Waals surface area contributed by atoms with Crippen molar-refractivity contribution in [2.75, 3.05) is 20.2 Å². The van der Waals surface area contributed by atoms with E-state index in [1.54, 1.807) is 25.4 Å². The van der Waals surface area contributed by atoms with E-state index in [1.807, 2.05) is 42.5 Å². The van der Waals surface area contributed by atoms with Crippen molar-refractivity contribution in [1.82, 2.24) is 9.88 Å². The molecule has 1 aromatic heterocycles. The minimum atomic E-state index is -0.513. The summed E-state index contributed by atoms with van der Waals surface area (Å²) in [6.45, 7) is 1.26. The first-order valence-corrected chi connectivity index (χ1v) is 10.6. The summed E-state index contributed by atoms with van der Waals surface area (Å²) < 4.78 is 11.6. The van der Waals surface area contributed by atoms with Crippen LogP contribution >= 0.6 is 0 Å². The highest BCUT2D eigenvalue weighted by Crippen LogP contribution is 2.40. The van der Waals surface area contributed by atoms with Crippen molar-refractivity contribution < 1.29 is 19.1 Å². The summed E-state index contributed by atoms with van der Waals surface area (Å²) in [7, 11) is 1.63. The molecule has 4 heterocycles. The first kappa shape index (κ1) is 19.7. The fourth-order valence-electron chi connectivity index (χ4n) is 4.81. The van der Waals surface area contributed by atoms with Gasteiger partial charge in [-0.25, -0.2) is 4.79 Å². The third-order valence-corrected chi connectivity index (χ3v) is 6.46. The Morgan fingerprint density at radius 1 is 1.16 bits per heavy atom. The molecule has 158 valence electrons. The van der Waals surface area contributed by atoms with Crippen LogP contribution in [0, 0.1) is 5.92 Å². The van der Waals surface area contributed by atoms with Crippen molar-refractivity contribution in [3.8, 4) is 5.75 Å². The Hall–Kier alpha value is -3.25. The molecule has 3 fully saturated rings. The average Bonchev–Trinajstić information content (AvgIpc) is 2.82. The van der Waals surface area contributed by atoms with E-state index < -0.39 is 6.10 Å². The standard InChI is InChI=1S/C25H24N2O4/c1-30-18-7-8-21-20(14-18)19(9-11-26-21)24(31-25(29)16-5-3-2-4-6-16)22-13-17-10-12-27(22)15-23(17)28/h2-9,11,14,17,22,24H,10,12-13,15H2,1H3/t17-,22+,24-/m0/s1. The number of ether oxygens (including phenoxy) is 2. The monoisotopic (exact) mass is 416 g/mol. The van der Waals surface area contributed by atoms with E-state index in [0.29, 0.717) is 18.5 Å². The number of Topliss-reactive ketones (excluding diaryl/α,β-unsaturated/α-hetero) is 1. The van der Waals surface area contributed by atoms with Gasteiger partial charge in [-0.2, -0.15) is 0 Å². The van der Waals surface area contributed by atoms with Crippen LogP contribution in [0.25, 0.3) is 10.9 Å². The summed E-state index contributed by atoms with van der Waals surface area (Å²) in [5, 5.41) is 0.890. The minimum absolute atomic E-state index is 0.0376. The number of esters is 1. The van der Waals surface area contributed by atoms with Gasteiger partial charge in [0.25, 0.3) is 0 Å². The molecule has 0 saturated carbocycles. The van der Waals surface area contributed by atoms with Crippen molar-refractivity contribution in [2.45, 2.75) is 25.0 Å². The van der Waals surface area contributed by atoms with E-state index in [9.17, 15) is 9.59 Å². The number of ketones is 1. The number of carbonyl (C=O) groups is 2. The summed E-state index contributed by atoms with van der Waals surface area (Å²) in [6, 6.07) is 16.6. The maximum Gasteiger partial charge on any atom is 0.338 e. The first-order valence-electron chi connectivity index (χ1n) is 10.6. The Balaban J connectivity index is 1.58. The smallest absolute Gasteiger partial charge is 0.338 e. The van der Waals surface area contributed by atoms with Gasteiger partial charge in [0, 0.05) is 23.1 Å². The van der Waals surface area contributed by atoms with Crippen LogP contribution in [0.3, 0.4) is 0 Å². The van der Waals surface area contributed by atoms with Crippen LogP contribution in [0.4, 0.5) is 0 Å². The lowest BCUT2D eigenvalue weighted by Crippen LogP contribution is -2.56. The van der Waals surface area contributed by atoms with Gasteiger partial charge in [-0.05, 0) is 55.8 Å². The topological polar surface area (TPSA) is 68.7 Å². The number of hydrogen-bond acceptors (Lipinski definition) is 6. The number of fused-ring (bicyclic) bond motifs is 4. The van der Waals surface area contributed by atoms with Crippen LogP contribution in [-0.4, -0.2) is 47.9 Å². The highest BCUT2D eigenvalue weighted by Gasteiger charge is 2.44. The molecule has 2 aromatic carbocycles. The second-order valence-corrected chi connectivity index (χ2v) is 8.20. The lowest BCUT2D eigenvalue weighted by atomic mass is 9.79. The van der Waals surface area contributed by atoms with E-state index >= 15 is 0 Å². The van der Waals surface area contributed by atoms with Crippen molar-refractivity contribution in [3.05, 3.63) is 71.9 Å². The zero-order chi connectivity index (χ0) is 21.4. The van der Waals surface area contributed by atoms with Gasteiger partial charge in [-0.3, -0.25) is 14.7 Å². The van der Waals surface area contributed by atoms with Crippen molar-refractivity contribution in [1.29, 1.82) is 0 Å². The third kappa shape index (κ3) is 3.68. The molecule has 0 spiro atoms. The molecule has 6 nitrogen and oxygen atoms in total. The quantitative estimate of drug-likeness (QED) is 0.589. The predicted molar refractivity (Wildman–Crippen MR) is 116 cm³/mol. The summed E-state index contributed by atoms with van der Waals surface area (Å²) in [5.74, 6) is 0.676. The van der Waals surface area contributed by atoms with Crippen LogP contribution in [0.1, 0.15) is 34.9 Å². The number of rotatable bonds is 5. The lowest BCUT2D eigenvalue weighted by Gasteiger charge is -2.47. The van der Waals surface area contributed by atoms with Crippen LogP contribution in [0.15, 0.2) is 60.8 Å². The molecule has 0 radical (unpaired) electrons. The Morgan fingerprint density at radius 2 is 2.00 bits per heavy atom. The fourth-order valence-corrected chi connectivity index (χ4v) is 4.81. The highest BCUT2D eigenvalue weighted by atomic mass is 16.5.